The van der Waals surface area contributed by atoms with Gasteiger partial charge in [-0.2, -0.15) is 0 Å². The minimum atomic E-state index is -4.02. The van der Waals surface area contributed by atoms with E-state index >= 15 is 0 Å². The lowest BCUT2D eigenvalue weighted by Crippen LogP contribution is -2.53. The van der Waals surface area contributed by atoms with Crippen LogP contribution in [0.25, 0.3) is 0 Å². The number of nitrogens with one attached hydrogen (secondary N) is 3. The molecule has 13 nitrogen and oxygen atoms in total. The average molecular weight is 652 g/mol. The molecule has 3 aromatic rings. The van der Waals surface area contributed by atoms with Gasteiger partial charge in [-0.25, -0.2) is 13.2 Å². The van der Waals surface area contributed by atoms with E-state index in [1.54, 1.807) is 74.2 Å². The standard InChI is InChI=1S/C32H37N5O8S/c1-32(2,3)45-31(41)37-19-17-36(18-20-37)29(39)22-33-28(38)21-34-30(40)23-13-15-25(16-14-23)46(42,43)35-26-11-7-8-12-27(26)44-24-9-5-4-6-10-24/h4-16,35H,17-22H2,1-3H3,(H,33,38)(H,34,40). The molecule has 0 saturated carbocycles. The van der Waals surface area contributed by atoms with E-state index in [1.807, 2.05) is 6.07 Å². The van der Waals surface area contributed by atoms with E-state index in [1.165, 1.54) is 29.2 Å². The number of hydrogen-bond donors (Lipinski definition) is 3. The maximum Gasteiger partial charge on any atom is 0.410 e. The van der Waals surface area contributed by atoms with Crippen LogP contribution in [0, 0.1) is 0 Å². The van der Waals surface area contributed by atoms with Crippen LogP contribution >= 0.6 is 0 Å². The summed E-state index contributed by atoms with van der Waals surface area (Å²) in [7, 11) is -4.02. The first-order valence-corrected chi connectivity index (χ1v) is 16.0. The number of sulfonamides is 1. The zero-order chi connectivity index (χ0) is 33.3. The number of benzene rings is 3. The molecule has 3 aromatic carbocycles. The number of rotatable bonds is 10. The fourth-order valence-electron chi connectivity index (χ4n) is 4.32. The van der Waals surface area contributed by atoms with Gasteiger partial charge in [-0.1, -0.05) is 30.3 Å². The summed E-state index contributed by atoms with van der Waals surface area (Å²) in [6, 6.07) is 20.7. The second-order valence-corrected chi connectivity index (χ2v) is 13.0. The number of hydrogen-bond acceptors (Lipinski definition) is 8. The Bertz CT molecular complexity index is 1650. The third kappa shape index (κ3) is 9.69. The predicted octanol–water partition coefficient (Wildman–Crippen LogP) is 3.21. The van der Waals surface area contributed by atoms with Gasteiger partial charge in [-0.05, 0) is 69.3 Å². The first-order chi connectivity index (χ1) is 21.8. The number of para-hydroxylation sites is 3. The molecule has 0 aliphatic carbocycles. The van der Waals surface area contributed by atoms with Crippen molar-refractivity contribution in [2.45, 2.75) is 31.3 Å². The van der Waals surface area contributed by atoms with Crippen LogP contribution in [0.3, 0.4) is 0 Å². The third-order valence-electron chi connectivity index (χ3n) is 6.66. The van der Waals surface area contributed by atoms with Crippen molar-refractivity contribution < 1.29 is 37.1 Å². The van der Waals surface area contributed by atoms with Crippen molar-refractivity contribution in [3.05, 3.63) is 84.4 Å². The number of carbonyl (C=O) groups excluding carboxylic acids is 4. The van der Waals surface area contributed by atoms with Gasteiger partial charge >= 0.3 is 6.09 Å². The molecule has 1 aliphatic rings. The summed E-state index contributed by atoms with van der Waals surface area (Å²) in [5.74, 6) is -0.635. The Morgan fingerprint density at radius 3 is 2.02 bits per heavy atom. The molecule has 0 bridgehead atoms. The highest BCUT2D eigenvalue weighted by Gasteiger charge is 2.27. The Hall–Kier alpha value is -5.11. The molecule has 1 heterocycles. The zero-order valence-corrected chi connectivity index (χ0v) is 26.6. The fraction of sp³-hybridized carbons (Fsp3) is 0.312. The highest BCUT2D eigenvalue weighted by atomic mass is 32.2. The maximum atomic E-state index is 13.1. The van der Waals surface area contributed by atoms with Crippen LogP contribution in [0.4, 0.5) is 10.5 Å². The Balaban J connectivity index is 1.22. The van der Waals surface area contributed by atoms with Gasteiger partial charge in [0.05, 0.1) is 23.7 Å². The van der Waals surface area contributed by atoms with Gasteiger partial charge in [-0.15, -0.1) is 0 Å². The summed E-state index contributed by atoms with van der Waals surface area (Å²) in [6.45, 7) is 5.93. The second-order valence-electron chi connectivity index (χ2n) is 11.3. The fourth-order valence-corrected chi connectivity index (χ4v) is 5.39. The van der Waals surface area contributed by atoms with E-state index in [0.29, 0.717) is 37.7 Å². The normalized spacial score (nSPS) is 13.4. The number of anilines is 1. The first kappa shape index (κ1) is 33.8. The number of amides is 4. The van der Waals surface area contributed by atoms with Crippen LogP contribution in [0.15, 0.2) is 83.8 Å². The molecule has 0 aromatic heterocycles. The molecule has 0 radical (unpaired) electrons. The van der Waals surface area contributed by atoms with Gasteiger partial charge in [0.1, 0.15) is 11.4 Å². The van der Waals surface area contributed by atoms with E-state index in [-0.39, 0.29) is 28.6 Å². The van der Waals surface area contributed by atoms with Gasteiger partial charge in [0.15, 0.2) is 5.75 Å². The van der Waals surface area contributed by atoms with Crippen LogP contribution in [-0.4, -0.2) is 86.9 Å². The number of carbonyl (C=O) groups is 4. The summed E-state index contributed by atoms with van der Waals surface area (Å²) in [5, 5.41) is 4.93. The topological polar surface area (TPSA) is 163 Å². The molecule has 4 amide bonds. The lowest BCUT2D eigenvalue weighted by Gasteiger charge is -2.35. The zero-order valence-electron chi connectivity index (χ0n) is 25.8. The highest BCUT2D eigenvalue weighted by Crippen LogP contribution is 2.31. The molecule has 46 heavy (non-hydrogen) atoms. The highest BCUT2D eigenvalue weighted by molar-refractivity contribution is 7.92. The number of piperazine rings is 1. The molecule has 0 atom stereocenters. The minimum Gasteiger partial charge on any atom is -0.455 e. The van der Waals surface area contributed by atoms with Crippen LogP contribution in [0.1, 0.15) is 31.1 Å². The summed E-state index contributed by atoms with van der Waals surface area (Å²) in [5.41, 5.74) is -0.239. The minimum absolute atomic E-state index is 0.0817. The van der Waals surface area contributed by atoms with E-state index < -0.39 is 40.1 Å². The van der Waals surface area contributed by atoms with Crippen molar-refractivity contribution >= 4 is 39.5 Å². The van der Waals surface area contributed by atoms with Gasteiger partial charge in [0, 0.05) is 31.7 Å². The van der Waals surface area contributed by atoms with Crippen molar-refractivity contribution in [1.29, 1.82) is 0 Å². The van der Waals surface area contributed by atoms with E-state index in [9.17, 15) is 27.6 Å². The second kappa shape index (κ2) is 14.8. The quantitative estimate of drug-likeness (QED) is 0.301. The van der Waals surface area contributed by atoms with Gasteiger partial charge < -0.3 is 29.9 Å². The lowest BCUT2D eigenvalue weighted by atomic mass is 10.2. The predicted molar refractivity (Wildman–Crippen MR) is 170 cm³/mol. The average Bonchev–Trinajstić information content (AvgIpc) is 3.03. The summed E-state index contributed by atoms with van der Waals surface area (Å²) in [6.07, 6.45) is -0.438. The molecule has 1 fully saturated rings. The van der Waals surface area contributed by atoms with Gasteiger partial charge in [-0.3, -0.25) is 19.1 Å². The lowest BCUT2D eigenvalue weighted by molar-refractivity contribution is -0.134. The monoisotopic (exact) mass is 651 g/mol. The molecule has 244 valence electrons. The molecular formula is C32H37N5O8S. The molecule has 1 aliphatic heterocycles. The van der Waals surface area contributed by atoms with E-state index in [4.69, 9.17) is 9.47 Å². The van der Waals surface area contributed by atoms with Crippen molar-refractivity contribution in [2.75, 3.05) is 44.0 Å². The molecule has 4 rings (SSSR count). The van der Waals surface area contributed by atoms with Crippen LogP contribution < -0.4 is 20.1 Å². The Labute approximate surface area is 267 Å². The van der Waals surface area contributed by atoms with Crippen LogP contribution in [0.5, 0.6) is 11.5 Å². The SMILES string of the molecule is CC(C)(C)OC(=O)N1CCN(C(=O)CNC(=O)CNC(=O)c2ccc(S(=O)(=O)Nc3ccccc3Oc3ccccc3)cc2)CC1. The molecule has 0 spiro atoms. The molecule has 0 unspecified atom stereocenters. The third-order valence-corrected chi connectivity index (χ3v) is 8.04. The molecule has 1 saturated heterocycles. The van der Waals surface area contributed by atoms with E-state index in [0.717, 1.165) is 0 Å². The number of ether oxygens (including phenoxy) is 2. The summed E-state index contributed by atoms with van der Waals surface area (Å²) >= 11 is 0. The van der Waals surface area contributed by atoms with Crippen LogP contribution in [0.2, 0.25) is 0 Å². The first-order valence-electron chi connectivity index (χ1n) is 14.6. The Kier molecular flexibility index (Phi) is 10.9. The van der Waals surface area contributed by atoms with Gasteiger partial charge in [0.2, 0.25) is 11.8 Å². The van der Waals surface area contributed by atoms with Crippen LogP contribution in [-0.2, 0) is 24.3 Å². The summed E-state index contributed by atoms with van der Waals surface area (Å²) < 4.78 is 39.8. The molecule has 3 N–H and O–H groups in total. The largest absolute Gasteiger partial charge is 0.455 e. The Morgan fingerprint density at radius 2 is 1.37 bits per heavy atom. The summed E-state index contributed by atoms with van der Waals surface area (Å²) in [4.78, 5) is 52.6. The van der Waals surface area contributed by atoms with Crippen molar-refractivity contribution in [2.24, 2.45) is 0 Å². The van der Waals surface area contributed by atoms with Gasteiger partial charge in [0.25, 0.3) is 15.9 Å². The van der Waals surface area contributed by atoms with E-state index in [2.05, 4.69) is 15.4 Å². The smallest absolute Gasteiger partial charge is 0.410 e. The van der Waals surface area contributed by atoms with Crippen molar-refractivity contribution in [3.63, 3.8) is 0 Å². The van der Waals surface area contributed by atoms with Crippen molar-refractivity contribution in [3.8, 4) is 11.5 Å². The molecular weight excluding hydrogens is 614 g/mol. The Morgan fingerprint density at radius 1 is 0.761 bits per heavy atom. The number of nitrogens with zero attached hydrogens (tertiary/aromatic N) is 2. The maximum absolute atomic E-state index is 13.1. The molecule has 14 heteroatoms. The van der Waals surface area contributed by atoms with Crippen molar-refractivity contribution in [1.82, 2.24) is 20.4 Å².